The molecule has 7 nitrogen and oxygen atoms in total. The molecule has 4 aromatic rings. The molecule has 1 fully saturated rings. The Morgan fingerprint density at radius 3 is 2.59 bits per heavy atom. The minimum Gasteiger partial charge on any atom is -0.345 e. The summed E-state index contributed by atoms with van der Waals surface area (Å²) in [6.07, 6.45) is 7.57. The van der Waals surface area contributed by atoms with Crippen LogP contribution in [0.4, 0.5) is 4.39 Å². The summed E-state index contributed by atoms with van der Waals surface area (Å²) >= 11 is 0. The standard InChI is InChI=1S/C29H33FN6O/c1-18(2)36-26(9-10-32-36)23-14-20(17-35-12-11-34(4)29(35)31)15-24(16-23)28(37)33-27(21-5-6-21)22-7-8-25(30)19(3)13-22/h7-16,18,21,27,31H,5-6,17H2,1-4H3,(H,33,37). The third-order valence-electron chi connectivity index (χ3n) is 7.06. The number of nitrogens with zero attached hydrogens (tertiary/aromatic N) is 4. The lowest BCUT2D eigenvalue weighted by atomic mass is 9.98. The zero-order chi connectivity index (χ0) is 26.3. The number of carbonyl (C=O) groups excluding carboxylic acids is 1. The summed E-state index contributed by atoms with van der Waals surface area (Å²) in [5.74, 6) is -0.0535. The number of hydrogen-bond acceptors (Lipinski definition) is 3. The lowest BCUT2D eigenvalue weighted by molar-refractivity contribution is 0.0931. The highest BCUT2D eigenvalue weighted by atomic mass is 19.1. The molecule has 1 aliphatic carbocycles. The van der Waals surface area contributed by atoms with Crippen molar-refractivity contribution in [2.45, 2.75) is 52.2 Å². The topological polar surface area (TPSA) is 80.6 Å². The van der Waals surface area contributed by atoms with Crippen LogP contribution in [0.15, 0.2) is 61.1 Å². The Kier molecular flexibility index (Phi) is 6.58. The Bertz CT molecular complexity index is 1510. The van der Waals surface area contributed by atoms with Gasteiger partial charge in [0.15, 0.2) is 0 Å². The lowest BCUT2D eigenvalue weighted by Gasteiger charge is -2.20. The van der Waals surface area contributed by atoms with E-state index in [2.05, 4.69) is 30.3 Å². The molecular weight excluding hydrogens is 467 g/mol. The van der Waals surface area contributed by atoms with E-state index in [1.54, 1.807) is 23.8 Å². The van der Waals surface area contributed by atoms with Crippen molar-refractivity contribution in [1.82, 2.24) is 24.2 Å². The Morgan fingerprint density at radius 1 is 1.16 bits per heavy atom. The van der Waals surface area contributed by atoms with Gasteiger partial charge in [-0.15, -0.1) is 0 Å². The predicted octanol–water partition coefficient (Wildman–Crippen LogP) is 5.13. The Hall–Kier alpha value is -3.94. The van der Waals surface area contributed by atoms with Crippen LogP contribution in [0.5, 0.6) is 0 Å². The quantitative estimate of drug-likeness (QED) is 0.352. The first-order chi connectivity index (χ1) is 17.7. The average molecular weight is 501 g/mol. The summed E-state index contributed by atoms with van der Waals surface area (Å²) in [7, 11) is 1.84. The summed E-state index contributed by atoms with van der Waals surface area (Å²) in [6.45, 7) is 6.36. The summed E-state index contributed by atoms with van der Waals surface area (Å²) in [4.78, 5) is 13.7. The summed E-state index contributed by atoms with van der Waals surface area (Å²) in [5, 5.41) is 16.0. The van der Waals surface area contributed by atoms with E-state index in [1.807, 2.05) is 53.0 Å². The van der Waals surface area contributed by atoms with Crippen molar-refractivity contribution in [2.75, 3.05) is 0 Å². The number of rotatable bonds is 8. The van der Waals surface area contributed by atoms with Crippen LogP contribution in [0.1, 0.15) is 65.8 Å². The number of halogens is 1. The van der Waals surface area contributed by atoms with Gasteiger partial charge < -0.3 is 14.5 Å². The fourth-order valence-electron chi connectivity index (χ4n) is 4.85. The SMILES string of the molecule is Cc1cc(C(NC(=O)c2cc(Cn3ccn(C)c3=N)cc(-c3ccnn3C(C)C)c2)C2CC2)ccc1F. The monoisotopic (exact) mass is 500 g/mol. The normalized spacial score (nSPS) is 14.2. The third kappa shape index (κ3) is 5.14. The van der Waals surface area contributed by atoms with E-state index in [0.29, 0.717) is 29.2 Å². The van der Waals surface area contributed by atoms with Gasteiger partial charge in [0, 0.05) is 42.8 Å². The second kappa shape index (κ2) is 9.84. The van der Waals surface area contributed by atoms with Crippen LogP contribution in [0.25, 0.3) is 11.3 Å². The van der Waals surface area contributed by atoms with Crippen LogP contribution in [-0.4, -0.2) is 24.8 Å². The highest BCUT2D eigenvalue weighted by Gasteiger charge is 2.34. The second-order valence-corrected chi connectivity index (χ2v) is 10.3. The van der Waals surface area contributed by atoms with Gasteiger partial charge in [0.25, 0.3) is 5.91 Å². The van der Waals surface area contributed by atoms with Crippen molar-refractivity contribution < 1.29 is 9.18 Å². The van der Waals surface area contributed by atoms with E-state index >= 15 is 0 Å². The predicted molar refractivity (Wildman–Crippen MR) is 140 cm³/mol. The lowest BCUT2D eigenvalue weighted by Crippen LogP contribution is -2.30. The van der Waals surface area contributed by atoms with Crippen LogP contribution < -0.4 is 10.9 Å². The Balaban J connectivity index is 1.52. The van der Waals surface area contributed by atoms with E-state index in [4.69, 9.17) is 5.41 Å². The van der Waals surface area contributed by atoms with E-state index in [9.17, 15) is 9.18 Å². The number of aromatic nitrogens is 4. The summed E-state index contributed by atoms with van der Waals surface area (Å²) in [6, 6.07) is 12.9. The van der Waals surface area contributed by atoms with Gasteiger partial charge in [-0.25, -0.2) is 4.39 Å². The average Bonchev–Trinajstić information content (AvgIpc) is 3.50. The van der Waals surface area contributed by atoms with Gasteiger partial charge in [-0.05, 0) is 86.6 Å². The minimum absolute atomic E-state index is 0.162. The van der Waals surface area contributed by atoms with Gasteiger partial charge in [0.1, 0.15) is 5.82 Å². The van der Waals surface area contributed by atoms with E-state index in [-0.39, 0.29) is 23.8 Å². The van der Waals surface area contributed by atoms with Gasteiger partial charge in [0.2, 0.25) is 5.62 Å². The summed E-state index contributed by atoms with van der Waals surface area (Å²) in [5.41, 5.74) is 5.20. The van der Waals surface area contributed by atoms with Gasteiger partial charge in [-0.1, -0.05) is 12.1 Å². The van der Waals surface area contributed by atoms with Crippen molar-refractivity contribution in [3.8, 4) is 11.3 Å². The number of hydrogen-bond donors (Lipinski definition) is 2. The molecule has 0 spiro atoms. The van der Waals surface area contributed by atoms with Crippen molar-refractivity contribution in [2.24, 2.45) is 13.0 Å². The zero-order valence-corrected chi connectivity index (χ0v) is 21.7. The van der Waals surface area contributed by atoms with Crippen LogP contribution in [0.2, 0.25) is 0 Å². The van der Waals surface area contributed by atoms with Crippen LogP contribution in [-0.2, 0) is 13.6 Å². The fourth-order valence-corrected chi connectivity index (χ4v) is 4.85. The van der Waals surface area contributed by atoms with Gasteiger partial charge in [-0.3, -0.25) is 14.9 Å². The molecule has 5 rings (SSSR count). The van der Waals surface area contributed by atoms with E-state index in [0.717, 1.165) is 35.2 Å². The molecule has 2 aromatic heterocycles. The molecule has 0 radical (unpaired) electrons. The molecule has 192 valence electrons. The smallest absolute Gasteiger partial charge is 0.251 e. The van der Waals surface area contributed by atoms with Gasteiger partial charge in [0.05, 0.1) is 18.3 Å². The number of benzene rings is 2. The van der Waals surface area contributed by atoms with Crippen LogP contribution in [0, 0.1) is 24.1 Å². The fraction of sp³-hybridized carbons (Fsp3) is 0.345. The molecule has 2 aromatic carbocycles. The molecule has 0 aliphatic heterocycles. The molecule has 8 heteroatoms. The van der Waals surface area contributed by atoms with Crippen molar-refractivity contribution in [3.05, 3.63) is 94.7 Å². The molecule has 37 heavy (non-hydrogen) atoms. The molecule has 2 N–H and O–H groups in total. The number of nitrogens with one attached hydrogen (secondary N) is 2. The van der Waals surface area contributed by atoms with Gasteiger partial charge in [-0.2, -0.15) is 5.10 Å². The second-order valence-electron chi connectivity index (χ2n) is 10.3. The number of amides is 1. The maximum atomic E-state index is 13.9. The van der Waals surface area contributed by atoms with Crippen LogP contribution in [0.3, 0.4) is 0 Å². The molecule has 2 heterocycles. The molecule has 1 amide bonds. The first-order valence-electron chi connectivity index (χ1n) is 12.7. The molecule has 0 bridgehead atoms. The highest BCUT2D eigenvalue weighted by molar-refractivity contribution is 5.96. The first kappa shape index (κ1) is 24.7. The largest absolute Gasteiger partial charge is 0.345 e. The molecule has 1 unspecified atom stereocenters. The molecule has 1 aliphatic rings. The number of carbonyl (C=O) groups is 1. The third-order valence-corrected chi connectivity index (χ3v) is 7.06. The molecule has 0 saturated heterocycles. The first-order valence-corrected chi connectivity index (χ1v) is 12.7. The Labute approximate surface area is 216 Å². The highest BCUT2D eigenvalue weighted by Crippen LogP contribution is 2.41. The van der Waals surface area contributed by atoms with Crippen molar-refractivity contribution >= 4 is 5.91 Å². The maximum Gasteiger partial charge on any atom is 0.251 e. The van der Waals surface area contributed by atoms with E-state index < -0.39 is 0 Å². The molecule has 1 saturated carbocycles. The zero-order valence-electron chi connectivity index (χ0n) is 21.7. The Morgan fingerprint density at radius 2 is 1.95 bits per heavy atom. The maximum absolute atomic E-state index is 13.9. The van der Waals surface area contributed by atoms with Crippen LogP contribution >= 0.6 is 0 Å². The number of aryl methyl sites for hydroxylation is 2. The van der Waals surface area contributed by atoms with Gasteiger partial charge >= 0.3 is 0 Å². The van der Waals surface area contributed by atoms with Crippen molar-refractivity contribution in [1.29, 1.82) is 5.41 Å². The minimum atomic E-state index is -0.240. The summed E-state index contributed by atoms with van der Waals surface area (Å²) < 4.78 is 19.5. The molecule has 1 atom stereocenters. The van der Waals surface area contributed by atoms with Crippen molar-refractivity contribution in [3.63, 3.8) is 0 Å². The number of imidazole rings is 1. The van der Waals surface area contributed by atoms with E-state index in [1.165, 1.54) is 6.07 Å². The molecular formula is C29H33FN6O.